The SMILES string of the molecule is CN(CCOCCOCCC(=O)Oc1c(F)c(F)c(F)c(F)c1F)C(=O)OCC1c2ccccc2-c2ccccc21. The largest absolute Gasteiger partial charge is 0.448 e. The van der Waals surface area contributed by atoms with Crippen molar-refractivity contribution in [3.63, 3.8) is 0 Å². The van der Waals surface area contributed by atoms with Gasteiger partial charge in [-0.05, 0) is 22.3 Å². The predicted octanol–water partition coefficient (Wildman–Crippen LogP) is 5.59. The topological polar surface area (TPSA) is 74.3 Å². The van der Waals surface area contributed by atoms with Crippen molar-refractivity contribution in [2.45, 2.75) is 12.3 Å². The third-order valence-corrected chi connectivity index (χ3v) is 6.43. The molecule has 1 amide bonds. The van der Waals surface area contributed by atoms with Crippen molar-refractivity contribution in [3.05, 3.63) is 88.7 Å². The van der Waals surface area contributed by atoms with Crippen LogP contribution in [0.15, 0.2) is 48.5 Å². The van der Waals surface area contributed by atoms with Crippen LogP contribution in [0.4, 0.5) is 26.7 Å². The Morgan fingerprint density at radius 3 is 1.83 bits per heavy atom. The molecule has 0 aliphatic heterocycles. The monoisotopic (exact) mass is 579 g/mol. The lowest BCUT2D eigenvalue weighted by molar-refractivity contribution is -0.136. The van der Waals surface area contributed by atoms with Crippen LogP contribution in [-0.4, -0.2) is 63.6 Å². The Kier molecular flexibility index (Phi) is 9.90. The molecule has 0 fully saturated rings. The van der Waals surface area contributed by atoms with Gasteiger partial charge in [0.1, 0.15) is 6.61 Å². The molecular weight excluding hydrogens is 553 g/mol. The van der Waals surface area contributed by atoms with Gasteiger partial charge in [-0.3, -0.25) is 4.79 Å². The van der Waals surface area contributed by atoms with Crippen LogP contribution in [0.5, 0.6) is 5.75 Å². The van der Waals surface area contributed by atoms with E-state index < -0.39 is 53.3 Å². The van der Waals surface area contributed by atoms with Gasteiger partial charge in [-0.15, -0.1) is 0 Å². The fourth-order valence-electron chi connectivity index (χ4n) is 4.31. The third-order valence-electron chi connectivity index (χ3n) is 6.43. The number of benzene rings is 3. The number of carbonyl (C=O) groups is 2. The normalized spacial score (nSPS) is 12.1. The molecule has 0 heterocycles. The lowest BCUT2D eigenvalue weighted by atomic mass is 9.98. The van der Waals surface area contributed by atoms with E-state index in [1.54, 1.807) is 7.05 Å². The van der Waals surface area contributed by atoms with Crippen molar-refractivity contribution in [2.75, 3.05) is 46.6 Å². The zero-order chi connectivity index (χ0) is 29.5. The summed E-state index contributed by atoms with van der Waals surface area (Å²) in [6, 6.07) is 16.0. The second-order valence-corrected chi connectivity index (χ2v) is 9.07. The van der Waals surface area contributed by atoms with Crippen LogP contribution in [0.2, 0.25) is 0 Å². The molecule has 41 heavy (non-hydrogen) atoms. The van der Waals surface area contributed by atoms with Crippen molar-refractivity contribution in [2.24, 2.45) is 0 Å². The Morgan fingerprint density at radius 2 is 1.24 bits per heavy atom. The van der Waals surface area contributed by atoms with Gasteiger partial charge in [-0.25, -0.2) is 18.0 Å². The van der Waals surface area contributed by atoms with Crippen molar-refractivity contribution >= 4 is 12.1 Å². The fourth-order valence-corrected chi connectivity index (χ4v) is 4.31. The van der Waals surface area contributed by atoms with Crippen LogP contribution in [0.1, 0.15) is 23.5 Å². The summed E-state index contributed by atoms with van der Waals surface area (Å²) in [5.41, 5.74) is 4.48. The molecule has 0 bridgehead atoms. The lowest BCUT2D eigenvalue weighted by Gasteiger charge is -2.19. The quantitative estimate of drug-likeness (QED) is 0.0696. The molecule has 218 valence electrons. The first-order chi connectivity index (χ1) is 19.7. The van der Waals surface area contributed by atoms with Gasteiger partial charge in [-0.2, -0.15) is 8.78 Å². The van der Waals surface area contributed by atoms with Crippen molar-refractivity contribution < 1.29 is 50.5 Å². The Labute approximate surface area is 232 Å². The van der Waals surface area contributed by atoms with E-state index in [-0.39, 0.29) is 45.5 Å². The van der Waals surface area contributed by atoms with Crippen LogP contribution >= 0.6 is 0 Å². The van der Waals surface area contributed by atoms with E-state index in [1.807, 2.05) is 36.4 Å². The Bertz CT molecular complexity index is 1340. The van der Waals surface area contributed by atoms with Crippen LogP contribution in [0.25, 0.3) is 11.1 Å². The third kappa shape index (κ3) is 6.83. The predicted molar refractivity (Wildman–Crippen MR) is 136 cm³/mol. The second-order valence-electron chi connectivity index (χ2n) is 9.07. The molecule has 1 aliphatic carbocycles. The van der Waals surface area contributed by atoms with E-state index in [0.717, 1.165) is 22.3 Å². The van der Waals surface area contributed by atoms with E-state index in [4.69, 9.17) is 14.2 Å². The van der Waals surface area contributed by atoms with E-state index in [1.165, 1.54) is 4.90 Å². The Morgan fingerprint density at radius 1 is 0.732 bits per heavy atom. The van der Waals surface area contributed by atoms with Gasteiger partial charge in [0.15, 0.2) is 0 Å². The number of fused-ring (bicyclic) bond motifs is 3. The van der Waals surface area contributed by atoms with Crippen molar-refractivity contribution in [1.82, 2.24) is 4.90 Å². The number of esters is 1. The average Bonchev–Trinajstić information content (AvgIpc) is 3.30. The summed E-state index contributed by atoms with van der Waals surface area (Å²) in [6.07, 6.45) is -1.01. The van der Waals surface area contributed by atoms with E-state index in [0.29, 0.717) is 0 Å². The first kappa shape index (κ1) is 29.9. The van der Waals surface area contributed by atoms with Crippen molar-refractivity contribution in [3.8, 4) is 16.9 Å². The maximum atomic E-state index is 13.6. The summed E-state index contributed by atoms with van der Waals surface area (Å²) < 4.78 is 86.9. The second kappa shape index (κ2) is 13.6. The summed E-state index contributed by atoms with van der Waals surface area (Å²) in [7, 11) is 1.58. The number of halogens is 5. The number of amides is 1. The van der Waals surface area contributed by atoms with Crippen LogP contribution in [0.3, 0.4) is 0 Å². The van der Waals surface area contributed by atoms with Crippen LogP contribution < -0.4 is 4.74 Å². The number of carbonyl (C=O) groups excluding carboxylic acids is 2. The molecule has 0 radical (unpaired) electrons. The minimum atomic E-state index is -2.35. The number of ether oxygens (including phenoxy) is 4. The molecule has 4 rings (SSSR count). The molecule has 0 unspecified atom stereocenters. The van der Waals surface area contributed by atoms with E-state index >= 15 is 0 Å². The smallest absolute Gasteiger partial charge is 0.409 e. The molecule has 0 spiro atoms. The molecule has 12 heteroatoms. The number of likely N-dealkylation sites (N-methyl/N-ethyl adjacent to an activating group) is 1. The molecule has 0 aromatic heterocycles. The average molecular weight is 580 g/mol. The number of rotatable bonds is 12. The molecule has 1 aliphatic rings. The zero-order valence-corrected chi connectivity index (χ0v) is 21.9. The lowest BCUT2D eigenvalue weighted by Crippen LogP contribution is -2.32. The highest BCUT2D eigenvalue weighted by Crippen LogP contribution is 2.44. The van der Waals surface area contributed by atoms with E-state index in [9.17, 15) is 31.5 Å². The maximum absolute atomic E-state index is 13.6. The fraction of sp³-hybridized carbons (Fsp3) is 0.310. The van der Waals surface area contributed by atoms with E-state index in [2.05, 4.69) is 16.9 Å². The highest BCUT2D eigenvalue weighted by atomic mass is 19.2. The van der Waals surface area contributed by atoms with Gasteiger partial charge in [0.05, 0.1) is 32.8 Å². The van der Waals surface area contributed by atoms with Crippen LogP contribution in [0, 0.1) is 29.1 Å². The molecule has 0 N–H and O–H groups in total. The molecule has 0 saturated heterocycles. The van der Waals surface area contributed by atoms with Gasteiger partial charge in [0.25, 0.3) is 0 Å². The summed E-state index contributed by atoms with van der Waals surface area (Å²) in [4.78, 5) is 25.6. The summed E-state index contributed by atoms with van der Waals surface area (Å²) >= 11 is 0. The summed E-state index contributed by atoms with van der Waals surface area (Å²) in [5.74, 6) is -14.3. The van der Waals surface area contributed by atoms with Crippen LogP contribution in [-0.2, 0) is 19.0 Å². The molecule has 7 nitrogen and oxygen atoms in total. The van der Waals surface area contributed by atoms with Gasteiger partial charge in [-0.1, -0.05) is 48.5 Å². The summed E-state index contributed by atoms with van der Waals surface area (Å²) in [5, 5.41) is 0. The minimum Gasteiger partial charge on any atom is -0.448 e. The molecule has 0 atom stereocenters. The summed E-state index contributed by atoms with van der Waals surface area (Å²) in [6.45, 7) is 0.489. The first-order valence-corrected chi connectivity index (χ1v) is 12.6. The first-order valence-electron chi connectivity index (χ1n) is 12.6. The standard InChI is InChI=1S/C29H26F5NO6/c1-35(29(37)40-16-21-19-8-4-2-6-17(19)18-7-3-5-9-20(18)21)11-13-39-15-14-38-12-10-22(36)41-28-26(33)24(31)23(30)25(32)27(28)34/h2-9,21H,10-16H2,1H3. The number of hydrogen-bond donors (Lipinski definition) is 0. The maximum Gasteiger partial charge on any atom is 0.409 e. The number of hydrogen-bond acceptors (Lipinski definition) is 6. The molecule has 0 saturated carbocycles. The van der Waals surface area contributed by atoms with Crippen molar-refractivity contribution in [1.29, 1.82) is 0 Å². The highest BCUT2D eigenvalue weighted by Gasteiger charge is 2.30. The highest BCUT2D eigenvalue weighted by molar-refractivity contribution is 5.79. The van der Waals surface area contributed by atoms with Gasteiger partial charge in [0.2, 0.25) is 34.8 Å². The minimum absolute atomic E-state index is 0.0322. The Balaban J connectivity index is 1.10. The zero-order valence-electron chi connectivity index (χ0n) is 21.9. The number of nitrogens with zero attached hydrogens (tertiary/aromatic N) is 1. The van der Waals surface area contributed by atoms with Gasteiger partial charge in [0, 0.05) is 19.5 Å². The molecule has 3 aromatic carbocycles. The van der Waals surface area contributed by atoms with Gasteiger partial charge < -0.3 is 23.8 Å². The Hall–Kier alpha value is -4.03. The molecular formula is C29H26F5NO6. The molecule has 3 aromatic rings. The van der Waals surface area contributed by atoms with Gasteiger partial charge >= 0.3 is 12.1 Å².